The van der Waals surface area contributed by atoms with Crippen LogP contribution in [-0.4, -0.2) is 63.5 Å². The normalized spacial score (nSPS) is 27.9. The topological polar surface area (TPSA) is 245 Å². The highest BCUT2D eigenvalue weighted by Crippen LogP contribution is 2.66. The second kappa shape index (κ2) is 9.01. The summed E-state index contributed by atoms with van der Waals surface area (Å²) in [5.41, 5.74) is 4.94. The first kappa shape index (κ1) is 25.7. The van der Waals surface area contributed by atoms with Crippen molar-refractivity contribution in [2.45, 2.75) is 24.2 Å². The summed E-state index contributed by atoms with van der Waals surface area (Å²) in [5.74, 6) is -0.248. The fraction of sp³-hybridized carbons (Fsp3) is 0.500. The highest BCUT2D eigenvalue weighted by molar-refractivity contribution is 7.66. The van der Waals surface area contributed by atoms with Gasteiger partial charge in [-0.1, -0.05) is 0 Å². The number of fused-ring (bicyclic) bond motifs is 1. The van der Waals surface area contributed by atoms with E-state index in [9.17, 15) is 28.6 Å². The Labute approximate surface area is 184 Å². The number of ether oxygens (including phenoxy) is 1. The summed E-state index contributed by atoms with van der Waals surface area (Å²) in [6, 6.07) is 3.23. The first-order valence-electron chi connectivity index (χ1n) is 8.45. The van der Waals surface area contributed by atoms with Gasteiger partial charge in [0.15, 0.2) is 5.82 Å². The molecule has 0 bridgehead atoms. The zero-order valence-corrected chi connectivity index (χ0v) is 19.2. The molecule has 0 radical (unpaired) electrons. The monoisotopic (exact) mass is 538 g/mol. The van der Waals surface area contributed by atoms with Crippen LogP contribution in [0.25, 0.3) is 5.52 Å². The van der Waals surface area contributed by atoms with Crippen molar-refractivity contribution >= 4 is 46.4 Å². The number of phosphoric acid groups is 3. The summed E-state index contributed by atoms with van der Waals surface area (Å²) in [5, 5.41) is 14.6. The average molecular weight is 539 g/mol. The minimum absolute atomic E-state index is 0.0392. The smallest absolute Gasteiger partial charge is 0.390 e. The van der Waals surface area contributed by atoms with E-state index in [0.29, 0.717) is 11.2 Å². The standard InChI is InChI=1S/C12H18ClN4O12P3/c13-4-12(5-26-31(22,23)29-32(24,25)28-30(19,20)21)10(18)3-9(27-12)7-1-2-8-11(14)15-6-16-17(7)8/h1-2,6,9-10,18H,3-5H2,(H,22,23)(H,24,25)(H2,14,15,16)(H2,19,20,21)/t9-,10+,12-/m1/s1. The number of nitrogens with zero attached hydrogens (tertiary/aromatic N) is 3. The number of halogens is 1. The van der Waals surface area contributed by atoms with E-state index in [-0.39, 0.29) is 12.2 Å². The Kier molecular flexibility index (Phi) is 7.22. The molecule has 1 aliphatic heterocycles. The van der Waals surface area contributed by atoms with Gasteiger partial charge in [-0.25, -0.2) is 23.2 Å². The summed E-state index contributed by atoms with van der Waals surface area (Å²) in [6.07, 6.45) is -0.976. The lowest BCUT2D eigenvalue weighted by Crippen LogP contribution is -2.45. The molecule has 3 rings (SSSR count). The van der Waals surface area contributed by atoms with Gasteiger partial charge in [0.1, 0.15) is 23.5 Å². The quantitative estimate of drug-likeness (QED) is 0.187. The Morgan fingerprint density at radius 2 is 1.91 bits per heavy atom. The predicted molar refractivity (Wildman–Crippen MR) is 105 cm³/mol. The minimum atomic E-state index is -5.69. The van der Waals surface area contributed by atoms with Gasteiger partial charge in [0.25, 0.3) is 0 Å². The zero-order valence-electron chi connectivity index (χ0n) is 15.7. The van der Waals surface area contributed by atoms with Crippen LogP contribution >= 0.6 is 35.1 Å². The molecule has 32 heavy (non-hydrogen) atoms. The zero-order chi connectivity index (χ0) is 23.9. The lowest BCUT2D eigenvalue weighted by Gasteiger charge is -2.30. The number of nitrogens with two attached hydrogens (primary N) is 1. The maximum Gasteiger partial charge on any atom is 0.490 e. The van der Waals surface area contributed by atoms with Gasteiger partial charge < -0.3 is 35.2 Å². The lowest BCUT2D eigenvalue weighted by atomic mass is 9.99. The highest BCUT2D eigenvalue weighted by atomic mass is 35.5. The number of phosphoric ester groups is 1. The molecule has 7 N–H and O–H groups in total. The van der Waals surface area contributed by atoms with Gasteiger partial charge in [-0.2, -0.15) is 13.7 Å². The summed E-state index contributed by atoms with van der Waals surface area (Å²) in [4.78, 5) is 39.8. The van der Waals surface area contributed by atoms with Gasteiger partial charge in [-0.15, -0.1) is 11.6 Å². The molecule has 1 saturated heterocycles. The molecule has 2 aromatic heterocycles. The predicted octanol–water partition coefficient (Wildman–Crippen LogP) is 0.455. The molecule has 20 heteroatoms. The third kappa shape index (κ3) is 5.75. The van der Waals surface area contributed by atoms with E-state index in [0.717, 1.165) is 0 Å². The molecule has 0 aliphatic carbocycles. The molecular weight excluding hydrogens is 521 g/mol. The molecule has 2 aromatic rings. The summed E-state index contributed by atoms with van der Waals surface area (Å²) >= 11 is 5.92. The number of nitrogen functional groups attached to an aromatic ring is 1. The summed E-state index contributed by atoms with van der Waals surface area (Å²) < 4.78 is 53.2. The second-order valence-corrected chi connectivity index (χ2v) is 11.3. The van der Waals surface area contributed by atoms with Crippen LogP contribution in [0.15, 0.2) is 18.5 Å². The largest absolute Gasteiger partial charge is 0.490 e. The minimum Gasteiger partial charge on any atom is -0.390 e. The van der Waals surface area contributed by atoms with Gasteiger partial charge in [0, 0.05) is 6.42 Å². The molecule has 0 spiro atoms. The molecule has 2 unspecified atom stereocenters. The Balaban J connectivity index is 1.75. The van der Waals surface area contributed by atoms with E-state index in [1.54, 1.807) is 12.1 Å². The first-order valence-corrected chi connectivity index (χ1v) is 13.5. The number of aromatic nitrogens is 3. The molecule has 1 fully saturated rings. The van der Waals surface area contributed by atoms with Crippen LogP contribution < -0.4 is 5.73 Å². The highest BCUT2D eigenvalue weighted by Gasteiger charge is 2.51. The maximum absolute atomic E-state index is 12.0. The molecule has 180 valence electrons. The number of hydrogen-bond acceptors (Lipinski definition) is 11. The van der Waals surface area contributed by atoms with Crippen molar-refractivity contribution in [1.29, 1.82) is 0 Å². The van der Waals surface area contributed by atoms with Crippen molar-refractivity contribution in [2.75, 3.05) is 18.2 Å². The van der Waals surface area contributed by atoms with Gasteiger partial charge in [0.05, 0.1) is 24.3 Å². The molecule has 3 heterocycles. The van der Waals surface area contributed by atoms with Gasteiger partial charge in [-0.05, 0) is 12.1 Å². The third-order valence-electron chi connectivity index (χ3n) is 4.38. The van der Waals surface area contributed by atoms with Crippen LogP contribution in [0.1, 0.15) is 18.2 Å². The Bertz CT molecular complexity index is 1140. The molecule has 1 aliphatic rings. The number of anilines is 1. The van der Waals surface area contributed by atoms with Crippen molar-refractivity contribution in [1.82, 2.24) is 14.6 Å². The molecule has 0 aromatic carbocycles. The van der Waals surface area contributed by atoms with E-state index in [1.807, 2.05) is 0 Å². The van der Waals surface area contributed by atoms with Crippen LogP contribution in [0.4, 0.5) is 5.82 Å². The second-order valence-electron chi connectivity index (χ2n) is 6.62. The lowest BCUT2D eigenvalue weighted by molar-refractivity contribution is -0.0958. The third-order valence-corrected chi connectivity index (χ3v) is 8.61. The summed E-state index contributed by atoms with van der Waals surface area (Å²) in [7, 11) is -16.7. The molecule has 0 saturated carbocycles. The molecule has 5 atom stereocenters. The van der Waals surface area contributed by atoms with Crippen LogP contribution in [0.5, 0.6) is 0 Å². The van der Waals surface area contributed by atoms with Crippen molar-refractivity contribution in [3.63, 3.8) is 0 Å². The maximum atomic E-state index is 12.0. The van der Waals surface area contributed by atoms with Crippen molar-refractivity contribution in [2.24, 2.45) is 0 Å². The fourth-order valence-corrected chi connectivity index (χ4v) is 6.40. The van der Waals surface area contributed by atoms with Crippen LogP contribution in [0.2, 0.25) is 0 Å². The number of aliphatic hydroxyl groups is 1. The van der Waals surface area contributed by atoms with Crippen molar-refractivity contribution in [3.05, 3.63) is 24.2 Å². The van der Waals surface area contributed by atoms with E-state index in [4.69, 9.17) is 31.9 Å². The van der Waals surface area contributed by atoms with Crippen molar-refractivity contribution < 1.29 is 56.3 Å². The van der Waals surface area contributed by atoms with Crippen molar-refractivity contribution in [3.8, 4) is 0 Å². The SMILES string of the molecule is Nc1ncnn2c([C@H]3C[C@H](O)[C@@](CCl)(COP(=O)(O)OP(=O)(O)OP(=O)(O)O)O3)ccc12. The number of hydrogen-bond donors (Lipinski definition) is 6. The van der Waals surface area contributed by atoms with E-state index in [1.165, 1.54) is 10.8 Å². The fourth-order valence-electron chi connectivity index (χ4n) is 3.01. The van der Waals surface area contributed by atoms with Gasteiger partial charge in [0.2, 0.25) is 0 Å². The number of aliphatic hydroxyl groups excluding tert-OH is 1. The van der Waals surface area contributed by atoms with Crippen LogP contribution in [-0.2, 0) is 31.6 Å². The molecule has 16 nitrogen and oxygen atoms in total. The van der Waals surface area contributed by atoms with E-state index in [2.05, 4.69) is 23.2 Å². The van der Waals surface area contributed by atoms with Crippen LogP contribution in [0.3, 0.4) is 0 Å². The first-order chi connectivity index (χ1) is 14.7. The Morgan fingerprint density at radius 1 is 1.22 bits per heavy atom. The average Bonchev–Trinajstić information content (AvgIpc) is 3.19. The molecule has 0 amide bonds. The number of rotatable bonds is 9. The van der Waals surface area contributed by atoms with Gasteiger partial charge >= 0.3 is 23.5 Å². The van der Waals surface area contributed by atoms with Gasteiger partial charge in [-0.3, -0.25) is 4.52 Å². The number of alkyl halides is 1. The molecular formula is C12H18ClN4O12P3. The van der Waals surface area contributed by atoms with E-state index >= 15 is 0 Å². The van der Waals surface area contributed by atoms with Crippen LogP contribution in [0, 0.1) is 0 Å². The van der Waals surface area contributed by atoms with E-state index < -0.39 is 53.8 Å². The Morgan fingerprint density at radius 3 is 2.53 bits per heavy atom. The Hall–Kier alpha value is -0.960. The summed E-state index contributed by atoms with van der Waals surface area (Å²) in [6.45, 7) is -0.904.